The molecular formula is C15H10BrN3OS. The highest BCUT2D eigenvalue weighted by molar-refractivity contribution is 9.10. The molecule has 1 aromatic heterocycles. The molecule has 0 aliphatic heterocycles. The molecular weight excluding hydrogens is 350 g/mol. The summed E-state index contributed by atoms with van der Waals surface area (Å²) in [6, 6.07) is 16.2. The van der Waals surface area contributed by atoms with E-state index in [2.05, 4.69) is 55.6 Å². The van der Waals surface area contributed by atoms with E-state index < -0.39 is 0 Å². The molecule has 4 nitrogen and oxygen atoms in total. The molecule has 0 aliphatic carbocycles. The first-order chi connectivity index (χ1) is 10.3. The minimum absolute atomic E-state index is 0.328. The number of aromatic nitrogens is 3. The first-order valence-electron chi connectivity index (χ1n) is 6.16. The number of carbonyl (C=O) groups is 1. The van der Waals surface area contributed by atoms with Crippen LogP contribution in [0, 0.1) is 0 Å². The van der Waals surface area contributed by atoms with Gasteiger partial charge < -0.3 is 0 Å². The van der Waals surface area contributed by atoms with Crippen LogP contribution in [0.2, 0.25) is 0 Å². The Kier molecular flexibility index (Phi) is 4.17. The predicted molar refractivity (Wildman–Crippen MR) is 85.5 cm³/mol. The van der Waals surface area contributed by atoms with Gasteiger partial charge in [-0.05, 0) is 35.4 Å². The van der Waals surface area contributed by atoms with Gasteiger partial charge in [-0.25, -0.2) is 0 Å². The van der Waals surface area contributed by atoms with Gasteiger partial charge in [0.1, 0.15) is 0 Å². The lowest BCUT2D eigenvalue weighted by Crippen LogP contribution is -1.84. The SMILES string of the molecule is O=Cc1n[nH]nc1Sc1cccc(-c2ccc(Br)cc2)c1. The Hall–Kier alpha value is -1.92. The number of H-pyrrole nitrogens is 1. The maximum absolute atomic E-state index is 10.9. The zero-order valence-corrected chi connectivity index (χ0v) is 13.2. The number of nitrogens with one attached hydrogen (secondary N) is 1. The van der Waals surface area contributed by atoms with E-state index in [1.54, 1.807) is 0 Å². The average molecular weight is 360 g/mol. The monoisotopic (exact) mass is 359 g/mol. The zero-order valence-electron chi connectivity index (χ0n) is 10.8. The third kappa shape index (κ3) is 3.22. The molecule has 3 rings (SSSR count). The predicted octanol–water partition coefficient (Wildman–Crippen LogP) is 4.20. The Morgan fingerprint density at radius 3 is 2.62 bits per heavy atom. The molecule has 21 heavy (non-hydrogen) atoms. The molecule has 3 aromatic rings. The number of aromatic amines is 1. The molecule has 0 saturated heterocycles. The van der Waals surface area contributed by atoms with E-state index in [0.717, 1.165) is 20.5 Å². The quantitative estimate of drug-likeness (QED) is 0.709. The van der Waals surface area contributed by atoms with E-state index in [4.69, 9.17) is 0 Å². The summed E-state index contributed by atoms with van der Waals surface area (Å²) in [7, 11) is 0. The molecule has 104 valence electrons. The lowest BCUT2D eigenvalue weighted by atomic mass is 10.1. The van der Waals surface area contributed by atoms with Crippen LogP contribution in [-0.2, 0) is 0 Å². The summed E-state index contributed by atoms with van der Waals surface area (Å²) < 4.78 is 1.05. The van der Waals surface area contributed by atoms with Gasteiger partial charge in [0.25, 0.3) is 0 Å². The summed E-state index contributed by atoms with van der Waals surface area (Å²) in [4.78, 5) is 11.9. The van der Waals surface area contributed by atoms with Crippen molar-refractivity contribution in [3.05, 3.63) is 58.7 Å². The number of hydrogen-bond acceptors (Lipinski definition) is 4. The van der Waals surface area contributed by atoms with Crippen molar-refractivity contribution in [2.45, 2.75) is 9.92 Å². The number of aldehydes is 1. The molecule has 0 unspecified atom stereocenters. The fourth-order valence-electron chi connectivity index (χ4n) is 1.87. The molecule has 0 atom stereocenters. The highest BCUT2D eigenvalue weighted by Crippen LogP contribution is 2.31. The lowest BCUT2D eigenvalue weighted by molar-refractivity contribution is 0.111. The van der Waals surface area contributed by atoms with Crippen LogP contribution in [0.5, 0.6) is 0 Å². The molecule has 0 saturated carbocycles. The van der Waals surface area contributed by atoms with Crippen molar-refractivity contribution in [2.24, 2.45) is 0 Å². The van der Waals surface area contributed by atoms with Crippen LogP contribution in [0.3, 0.4) is 0 Å². The Morgan fingerprint density at radius 2 is 1.86 bits per heavy atom. The molecule has 2 aromatic carbocycles. The Labute approximate surface area is 134 Å². The minimum atomic E-state index is 0.328. The summed E-state index contributed by atoms with van der Waals surface area (Å²) in [5, 5.41) is 10.8. The van der Waals surface area contributed by atoms with Crippen LogP contribution in [-0.4, -0.2) is 21.7 Å². The number of hydrogen-bond donors (Lipinski definition) is 1. The van der Waals surface area contributed by atoms with Gasteiger partial charge in [-0.3, -0.25) is 4.79 Å². The number of nitrogens with zero attached hydrogens (tertiary/aromatic N) is 2. The number of carbonyl (C=O) groups excluding carboxylic acids is 1. The Balaban J connectivity index is 1.89. The van der Waals surface area contributed by atoms with Crippen LogP contribution >= 0.6 is 27.7 Å². The largest absolute Gasteiger partial charge is 0.296 e. The highest BCUT2D eigenvalue weighted by atomic mass is 79.9. The van der Waals surface area contributed by atoms with E-state index in [9.17, 15) is 4.79 Å². The van der Waals surface area contributed by atoms with Crippen LogP contribution in [0.1, 0.15) is 10.5 Å². The van der Waals surface area contributed by atoms with Gasteiger partial charge in [0.05, 0.1) is 0 Å². The third-order valence-electron chi connectivity index (χ3n) is 2.88. The standard InChI is InChI=1S/C15H10BrN3OS/c16-12-6-4-10(5-7-12)11-2-1-3-13(8-11)21-15-14(9-20)17-19-18-15/h1-9H,(H,17,18,19). The molecule has 1 N–H and O–H groups in total. The zero-order chi connectivity index (χ0) is 14.7. The third-order valence-corrected chi connectivity index (χ3v) is 4.39. The summed E-state index contributed by atoms with van der Waals surface area (Å²) in [5.41, 5.74) is 2.58. The van der Waals surface area contributed by atoms with Gasteiger partial charge in [0.15, 0.2) is 17.0 Å². The van der Waals surface area contributed by atoms with Crippen molar-refractivity contribution < 1.29 is 4.79 Å². The van der Waals surface area contributed by atoms with Gasteiger partial charge in [-0.15, -0.1) is 5.10 Å². The van der Waals surface area contributed by atoms with E-state index in [1.165, 1.54) is 11.8 Å². The van der Waals surface area contributed by atoms with Crippen LogP contribution in [0.25, 0.3) is 11.1 Å². The molecule has 6 heteroatoms. The summed E-state index contributed by atoms with van der Waals surface area (Å²) in [6.45, 7) is 0. The second-order valence-corrected chi connectivity index (χ2v) is 6.25. The fourth-order valence-corrected chi connectivity index (χ4v) is 2.98. The minimum Gasteiger partial charge on any atom is -0.296 e. The van der Waals surface area contributed by atoms with Crippen molar-refractivity contribution in [1.29, 1.82) is 0 Å². The number of rotatable bonds is 4. The maximum Gasteiger partial charge on any atom is 0.173 e. The number of benzene rings is 2. The molecule has 0 aliphatic rings. The highest BCUT2D eigenvalue weighted by Gasteiger charge is 2.09. The maximum atomic E-state index is 10.9. The van der Waals surface area contributed by atoms with Crippen molar-refractivity contribution in [2.75, 3.05) is 0 Å². The van der Waals surface area contributed by atoms with Crippen LogP contribution < -0.4 is 0 Å². The topological polar surface area (TPSA) is 58.6 Å². The molecule has 0 spiro atoms. The van der Waals surface area contributed by atoms with Crippen molar-refractivity contribution in [3.8, 4) is 11.1 Å². The average Bonchev–Trinajstić information content (AvgIpc) is 2.95. The molecule has 1 heterocycles. The van der Waals surface area contributed by atoms with Crippen LogP contribution in [0.4, 0.5) is 0 Å². The second kappa shape index (κ2) is 6.24. The molecule has 0 fully saturated rings. The van der Waals surface area contributed by atoms with Crippen molar-refractivity contribution in [1.82, 2.24) is 15.4 Å². The molecule has 0 bridgehead atoms. The first-order valence-corrected chi connectivity index (χ1v) is 7.77. The molecule has 0 amide bonds. The van der Waals surface area contributed by atoms with Crippen molar-refractivity contribution >= 4 is 34.0 Å². The van der Waals surface area contributed by atoms with Gasteiger partial charge in [-0.1, -0.05) is 52.0 Å². The van der Waals surface area contributed by atoms with Crippen molar-refractivity contribution in [3.63, 3.8) is 0 Å². The van der Waals surface area contributed by atoms with Gasteiger partial charge >= 0.3 is 0 Å². The van der Waals surface area contributed by atoms with Gasteiger partial charge in [0, 0.05) is 9.37 Å². The smallest absolute Gasteiger partial charge is 0.173 e. The summed E-state index contributed by atoms with van der Waals surface area (Å²) >= 11 is 4.84. The normalized spacial score (nSPS) is 10.5. The Bertz CT molecular complexity index is 771. The second-order valence-electron chi connectivity index (χ2n) is 4.27. The molecule has 0 radical (unpaired) electrons. The van der Waals surface area contributed by atoms with E-state index in [0.29, 0.717) is 17.0 Å². The van der Waals surface area contributed by atoms with Gasteiger partial charge in [-0.2, -0.15) is 10.3 Å². The lowest BCUT2D eigenvalue weighted by Gasteiger charge is -2.04. The van der Waals surface area contributed by atoms with E-state index >= 15 is 0 Å². The summed E-state index contributed by atoms with van der Waals surface area (Å²) in [6.07, 6.45) is 0.699. The van der Waals surface area contributed by atoms with Crippen LogP contribution in [0.15, 0.2) is 62.9 Å². The van der Waals surface area contributed by atoms with Gasteiger partial charge in [0.2, 0.25) is 0 Å². The van der Waals surface area contributed by atoms with E-state index in [1.807, 2.05) is 24.3 Å². The fraction of sp³-hybridized carbons (Fsp3) is 0. The Morgan fingerprint density at radius 1 is 1.05 bits per heavy atom. The first kappa shape index (κ1) is 14.0. The number of halogens is 1. The summed E-state index contributed by atoms with van der Waals surface area (Å²) in [5.74, 6) is 0. The van der Waals surface area contributed by atoms with E-state index in [-0.39, 0.29) is 0 Å².